The van der Waals surface area contributed by atoms with E-state index in [0.717, 1.165) is 10.3 Å². The minimum Gasteiger partial charge on any atom is -0.291 e. The molecule has 0 aromatic heterocycles. The number of rotatable bonds is 1. The van der Waals surface area contributed by atoms with Crippen molar-refractivity contribution in [2.24, 2.45) is 0 Å². The second-order valence-electron chi connectivity index (χ2n) is 2.26. The number of hydrogen-bond donors (Lipinski definition) is 1. The lowest BCUT2D eigenvalue weighted by Gasteiger charge is -1.89. The Hall–Kier alpha value is -1.02. The van der Waals surface area contributed by atoms with Gasteiger partial charge in [0.2, 0.25) is 6.21 Å². The van der Waals surface area contributed by atoms with Crippen molar-refractivity contribution < 1.29 is 9.95 Å². The second-order valence-corrected chi connectivity index (χ2v) is 2.69. The summed E-state index contributed by atoms with van der Waals surface area (Å²) in [7, 11) is 1.54. The molecule has 11 heavy (non-hydrogen) atoms. The first kappa shape index (κ1) is 8.08. The fraction of sp³-hybridized carbons (Fsp3) is 0.125. The molecule has 0 aliphatic rings. The molecule has 3 heteroatoms. The van der Waals surface area contributed by atoms with Gasteiger partial charge in [-0.3, -0.25) is 5.21 Å². The van der Waals surface area contributed by atoms with E-state index in [1.165, 1.54) is 0 Å². The van der Waals surface area contributed by atoms with Gasteiger partial charge < -0.3 is 0 Å². The van der Waals surface area contributed by atoms with Crippen molar-refractivity contribution in [3.05, 3.63) is 34.9 Å². The van der Waals surface area contributed by atoms with Crippen LogP contribution in [0.5, 0.6) is 0 Å². The summed E-state index contributed by atoms with van der Waals surface area (Å²) in [4.78, 5) is 0. The van der Waals surface area contributed by atoms with Gasteiger partial charge in [0.25, 0.3) is 0 Å². The van der Waals surface area contributed by atoms with E-state index in [1.807, 2.05) is 12.1 Å². The predicted octanol–water partition coefficient (Wildman–Crippen LogP) is 1.79. The Labute approximate surface area is 70.3 Å². The van der Waals surface area contributed by atoms with E-state index in [1.54, 1.807) is 25.4 Å². The van der Waals surface area contributed by atoms with Crippen LogP contribution in [0.2, 0.25) is 5.02 Å². The Kier molecular flexibility index (Phi) is 2.49. The fourth-order valence-corrected chi connectivity index (χ4v) is 1.00. The topological polar surface area (TPSA) is 23.2 Å². The summed E-state index contributed by atoms with van der Waals surface area (Å²) in [6, 6.07) is 7.25. The predicted molar refractivity (Wildman–Crippen MR) is 44.6 cm³/mol. The molecule has 0 aliphatic carbocycles. The second kappa shape index (κ2) is 3.39. The normalized spacial score (nSPS) is 11.6. The van der Waals surface area contributed by atoms with Crippen molar-refractivity contribution in [1.82, 2.24) is 0 Å². The molecule has 1 aromatic rings. The van der Waals surface area contributed by atoms with Crippen molar-refractivity contribution in [3.8, 4) is 0 Å². The Bertz CT molecular complexity index is 279. The van der Waals surface area contributed by atoms with Crippen LogP contribution < -0.4 is 0 Å². The molecule has 0 fully saturated rings. The first-order chi connectivity index (χ1) is 5.18. The van der Waals surface area contributed by atoms with Crippen LogP contribution in [0.3, 0.4) is 0 Å². The first-order valence-electron chi connectivity index (χ1n) is 3.20. The lowest BCUT2D eigenvalue weighted by molar-refractivity contribution is -0.750. The average Bonchev–Trinajstić information content (AvgIpc) is 1.85. The van der Waals surface area contributed by atoms with Gasteiger partial charge in [0, 0.05) is 10.6 Å². The maximum absolute atomic E-state index is 8.83. The van der Waals surface area contributed by atoms with Crippen molar-refractivity contribution in [2.75, 3.05) is 7.05 Å². The molecule has 0 aliphatic heterocycles. The van der Waals surface area contributed by atoms with Gasteiger partial charge in [0.15, 0.2) is 7.05 Å². The third-order valence-corrected chi connectivity index (χ3v) is 1.42. The summed E-state index contributed by atoms with van der Waals surface area (Å²) < 4.78 is 0.992. The fourth-order valence-electron chi connectivity index (χ4n) is 0.803. The quantitative estimate of drug-likeness (QED) is 0.295. The van der Waals surface area contributed by atoms with Crippen LogP contribution in [0.25, 0.3) is 0 Å². The summed E-state index contributed by atoms with van der Waals surface area (Å²) in [5.41, 5.74) is 0.877. The maximum atomic E-state index is 8.83. The molecule has 0 bridgehead atoms. The van der Waals surface area contributed by atoms with E-state index < -0.39 is 0 Å². The summed E-state index contributed by atoms with van der Waals surface area (Å²) >= 11 is 5.71. The van der Waals surface area contributed by atoms with Gasteiger partial charge in [-0.15, -0.1) is 0 Å². The highest BCUT2D eigenvalue weighted by Crippen LogP contribution is 2.08. The van der Waals surface area contributed by atoms with Crippen LogP contribution in [-0.2, 0) is 0 Å². The number of halogens is 1. The van der Waals surface area contributed by atoms with Gasteiger partial charge in [-0.05, 0) is 22.9 Å². The molecule has 0 heterocycles. The van der Waals surface area contributed by atoms with Crippen LogP contribution in [0, 0.1) is 0 Å². The van der Waals surface area contributed by atoms with Crippen LogP contribution in [-0.4, -0.2) is 23.2 Å². The SMILES string of the molecule is C[N+](O)=Cc1cccc(Cl)c1. The van der Waals surface area contributed by atoms with Crippen molar-refractivity contribution in [3.63, 3.8) is 0 Å². The van der Waals surface area contributed by atoms with E-state index in [4.69, 9.17) is 16.8 Å². The molecule has 0 saturated carbocycles. The zero-order valence-corrected chi connectivity index (χ0v) is 6.92. The number of nitrogens with zero attached hydrogens (tertiary/aromatic N) is 1. The van der Waals surface area contributed by atoms with Gasteiger partial charge >= 0.3 is 0 Å². The van der Waals surface area contributed by atoms with E-state index >= 15 is 0 Å². The number of hydrogen-bond acceptors (Lipinski definition) is 1. The Morgan fingerprint density at radius 3 is 2.82 bits per heavy atom. The Balaban J connectivity index is 2.97. The highest BCUT2D eigenvalue weighted by atomic mass is 35.5. The minimum absolute atomic E-state index is 0.667. The highest BCUT2D eigenvalue weighted by molar-refractivity contribution is 6.30. The number of benzene rings is 1. The molecule has 0 amide bonds. The monoisotopic (exact) mass is 170 g/mol. The molecule has 0 unspecified atom stereocenters. The molecule has 0 saturated heterocycles. The molecular formula is C8H9ClNO+. The summed E-state index contributed by atoms with van der Waals surface area (Å²) in [5.74, 6) is 0. The average molecular weight is 171 g/mol. The van der Waals surface area contributed by atoms with Crippen LogP contribution in [0.1, 0.15) is 5.56 Å². The minimum atomic E-state index is 0.667. The van der Waals surface area contributed by atoms with Crippen molar-refractivity contribution >= 4 is 17.8 Å². The molecule has 58 valence electrons. The Morgan fingerprint density at radius 2 is 2.27 bits per heavy atom. The van der Waals surface area contributed by atoms with Gasteiger partial charge in [0.05, 0.1) is 0 Å². The van der Waals surface area contributed by atoms with Gasteiger partial charge in [0.1, 0.15) is 0 Å². The lowest BCUT2D eigenvalue weighted by atomic mass is 10.2. The highest BCUT2D eigenvalue weighted by Gasteiger charge is 1.94. The number of hydroxylamine groups is 1. The van der Waals surface area contributed by atoms with E-state index in [9.17, 15) is 0 Å². The molecule has 1 rings (SSSR count). The molecule has 0 spiro atoms. The molecule has 1 N–H and O–H groups in total. The van der Waals surface area contributed by atoms with Crippen molar-refractivity contribution in [2.45, 2.75) is 0 Å². The van der Waals surface area contributed by atoms with E-state index in [0.29, 0.717) is 5.02 Å². The third-order valence-electron chi connectivity index (χ3n) is 1.18. The third kappa shape index (κ3) is 2.60. The molecule has 1 aromatic carbocycles. The molecular weight excluding hydrogens is 162 g/mol. The Morgan fingerprint density at radius 1 is 1.55 bits per heavy atom. The van der Waals surface area contributed by atoms with Gasteiger partial charge in [-0.2, -0.15) is 0 Å². The lowest BCUT2D eigenvalue weighted by Crippen LogP contribution is -2.00. The largest absolute Gasteiger partial charge is 0.291 e. The summed E-state index contributed by atoms with van der Waals surface area (Å²) in [6.45, 7) is 0. The van der Waals surface area contributed by atoms with Crippen molar-refractivity contribution in [1.29, 1.82) is 0 Å². The standard InChI is InChI=1S/C8H9ClNO/c1-10(11)6-7-3-2-4-8(9)5-7/h2-6,11H,1H3/q+1. The molecule has 2 nitrogen and oxygen atoms in total. The van der Waals surface area contributed by atoms with Crippen LogP contribution >= 0.6 is 11.6 Å². The zero-order chi connectivity index (χ0) is 8.27. The van der Waals surface area contributed by atoms with E-state index in [-0.39, 0.29) is 0 Å². The van der Waals surface area contributed by atoms with Crippen LogP contribution in [0.15, 0.2) is 24.3 Å². The maximum Gasteiger partial charge on any atom is 0.222 e. The van der Waals surface area contributed by atoms with Crippen LogP contribution in [0.4, 0.5) is 0 Å². The van der Waals surface area contributed by atoms with Gasteiger partial charge in [-0.1, -0.05) is 17.7 Å². The summed E-state index contributed by atoms with van der Waals surface area (Å²) in [5, 5.41) is 9.50. The molecule has 0 radical (unpaired) electrons. The van der Waals surface area contributed by atoms with Gasteiger partial charge in [-0.25, -0.2) is 0 Å². The zero-order valence-electron chi connectivity index (χ0n) is 6.16. The molecule has 0 atom stereocenters. The van der Waals surface area contributed by atoms with E-state index in [2.05, 4.69) is 0 Å². The smallest absolute Gasteiger partial charge is 0.222 e. The summed E-state index contributed by atoms with van der Waals surface area (Å²) in [6.07, 6.45) is 1.58. The first-order valence-corrected chi connectivity index (χ1v) is 3.58.